The first-order valence-corrected chi connectivity index (χ1v) is 6.53. The highest BCUT2D eigenvalue weighted by Gasteiger charge is 2.08. The van der Waals surface area contributed by atoms with Gasteiger partial charge in [-0.1, -0.05) is 26.7 Å². The van der Waals surface area contributed by atoms with Crippen molar-refractivity contribution in [2.45, 2.75) is 40.0 Å². The van der Waals surface area contributed by atoms with Crippen LogP contribution in [0.25, 0.3) is 0 Å². The molecule has 0 aliphatic rings. The number of aliphatic carboxylic acids is 1. The lowest BCUT2D eigenvalue weighted by atomic mass is 10.1. The van der Waals surface area contributed by atoms with E-state index in [1.165, 1.54) is 6.92 Å². The highest BCUT2D eigenvalue weighted by atomic mass is 32.2. The highest BCUT2D eigenvalue weighted by Crippen LogP contribution is 2.06. The van der Waals surface area contributed by atoms with Crippen molar-refractivity contribution in [3.8, 4) is 0 Å². The lowest BCUT2D eigenvalue weighted by molar-refractivity contribution is -0.141. The normalized spacial score (nSPS) is 12.5. The summed E-state index contributed by atoms with van der Waals surface area (Å²) >= 11 is 0. The van der Waals surface area contributed by atoms with Crippen LogP contribution < -0.4 is 0 Å². The van der Waals surface area contributed by atoms with Crippen molar-refractivity contribution < 1.29 is 22.9 Å². The number of unbranched alkanes of at least 4 members (excludes halogenated alkanes) is 1. The molecule has 1 atom stereocenters. The number of hydrogen-bond donors (Lipinski definition) is 2. The molecule has 0 fully saturated rings. The van der Waals surface area contributed by atoms with Gasteiger partial charge in [0.2, 0.25) is 0 Å². The van der Waals surface area contributed by atoms with Crippen LogP contribution in [0.4, 0.5) is 0 Å². The molecule has 0 heterocycles. The summed E-state index contributed by atoms with van der Waals surface area (Å²) in [7, 11) is -3.66. The highest BCUT2D eigenvalue weighted by molar-refractivity contribution is 7.85. The molecule has 0 aliphatic carbocycles. The van der Waals surface area contributed by atoms with E-state index in [1.54, 1.807) is 6.92 Å². The van der Waals surface area contributed by atoms with Gasteiger partial charge in [0.1, 0.15) is 0 Å². The fourth-order valence-electron chi connectivity index (χ4n) is 0.634. The molecule has 0 aliphatic heterocycles. The minimum Gasteiger partial charge on any atom is -0.481 e. The summed E-state index contributed by atoms with van der Waals surface area (Å²) in [4.78, 5) is 10.2. The molecule has 0 rings (SSSR count). The Bertz CT molecular complexity index is 258. The molecule has 0 spiro atoms. The third-order valence-electron chi connectivity index (χ3n) is 1.78. The molecule has 6 heteroatoms. The maximum absolute atomic E-state index is 10.2. The predicted molar refractivity (Wildman–Crippen MR) is 58.4 cm³/mol. The molecule has 0 aromatic carbocycles. The summed E-state index contributed by atoms with van der Waals surface area (Å²) < 4.78 is 26.9. The van der Waals surface area contributed by atoms with Crippen LogP contribution >= 0.6 is 0 Å². The van der Waals surface area contributed by atoms with Crippen LogP contribution in [0.3, 0.4) is 0 Å². The van der Waals surface area contributed by atoms with Crippen molar-refractivity contribution in [2.24, 2.45) is 5.92 Å². The average Bonchev–Trinajstić information content (AvgIpc) is 2.13. The minimum absolute atomic E-state index is 0.162. The van der Waals surface area contributed by atoms with E-state index in [0.717, 1.165) is 19.3 Å². The zero-order valence-electron chi connectivity index (χ0n) is 9.43. The van der Waals surface area contributed by atoms with Crippen molar-refractivity contribution in [1.82, 2.24) is 0 Å². The molecular weight excluding hydrogens is 220 g/mol. The third kappa shape index (κ3) is 16.1. The average molecular weight is 240 g/mol. The van der Waals surface area contributed by atoms with Crippen LogP contribution in [-0.4, -0.2) is 29.8 Å². The molecule has 5 nitrogen and oxygen atoms in total. The predicted octanol–water partition coefficient (Wildman–Crippen LogP) is 1.79. The lowest BCUT2D eigenvalue weighted by Gasteiger charge is -2.02. The number of hydrogen-bond acceptors (Lipinski definition) is 3. The van der Waals surface area contributed by atoms with Crippen molar-refractivity contribution in [2.75, 3.05) is 5.75 Å². The largest absolute Gasteiger partial charge is 0.481 e. The monoisotopic (exact) mass is 240 g/mol. The summed E-state index contributed by atoms with van der Waals surface area (Å²) in [6, 6.07) is 0. The molecule has 15 heavy (non-hydrogen) atoms. The first-order chi connectivity index (χ1) is 6.74. The quantitative estimate of drug-likeness (QED) is 0.715. The molecule has 0 bridgehead atoms. The van der Waals surface area contributed by atoms with Gasteiger partial charge in [-0.2, -0.15) is 8.42 Å². The maximum atomic E-state index is 10.2. The van der Waals surface area contributed by atoms with Gasteiger partial charge in [0, 0.05) is 0 Å². The van der Waals surface area contributed by atoms with E-state index in [0.29, 0.717) is 0 Å². The van der Waals surface area contributed by atoms with Gasteiger partial charge in [-0.3, -0.25) is 9.35 Å². The molecule has 0 saturated heterocycles. The first-order valence-electron chi connectivity index (χ1n) is 4.92. The Morgan fingerprint density at radius 2 is 1.73 bits per heavy atom. The maximum Gasteiger partial charge on any atom is 0.306 e. The summed E-state index contributed by atoms with van der Waals surface area (Å²) in [5.74, 6) is -1.04. The van der Waals surface area contributed by atoms with E-state index < -0.39 is 16.1 Å². The Hall–Kier alpha value is -0.620. The fourth-order valence-corrected chi connectivity index (χ4v) is 0.634. The summed E-state index contributed by atoms with van der Waals surface area (Å²) in [6.07, 6.45) is 2.91. The van der Waals surface area contributed by atoms with Crippen molar-refractivity contribution >= 4 is 16.1 Å². The third-order valence-corrected chi connectivity index (χ3v) is 2.51. The van der Waals surface area contributed by atoms with Gasteiger partial charge < -0.3 is 5.11 Å². The van der Waals surface area contributed by atoms with Crippen LogP contribution in [0.1, 0.15) is 40.0 Å². The molecule has 92 valence electrons. The zero-order chi connectivity index (χ0) is 12.5. The molecule has 0 saturated carbocycles. The smallest absolute Gasteiger partial charge is 0.306 e. The fraction of sp³-hybridized carbons (Fsp3) is 0.889. The Morgan fingerprint density at radius 3 is 1.93 bits per heavy atom. The Morgan fingerprint density at radius 1 is 1.33 bits per heavy atom. The van der Waals surface area contributed by atoms with Gasteiger partial charge in [0.25, 0.3) is 10.1 Å². The number of rotatable bonds is 5. The van der Waals surface area contributed by atoms with Gasteiger partial charge in [-0.05, 0) is 13.3 Å². The van der Waals surface area contributed by atoms with Crippen LogP contribution in [0.2, 0.25) is 0 Å². The molecule has 0 radical (unpaired) electrons. The standard InChI is InChI=1S/C7H14O2.C2H6O3S/c1-3-4-5-6(2)7(8)9;1-2-6(3,4)5/h6H,3-5H2,1-2H3,(H,8,9);2H2,1H3,(H,3,4,5). The minimum atomic E-state index is -3.66. The van der Waals surface area contributed by atoms with Gasteiger partial charge >= 0.3 is 5.97 Å². The van der Waals surface area contributed by atoms with E-state index >= 15 is 0 Å². The van der Waals surface area contributed by atoms with Crippen LogP contribution in [0.5, 0.6) is 0 Å². The second-order valence-corrected chi connectivity index (χ2v) is 4.99. The van der Waals surface area contributed by atoms with Crippen molar-refractivity contribution in [3.63, 3.8) is 0 Å². The molecule has 0 aromatic rings. The Labute approximate surface area is 91.2 Å². The Balaban J connectivity index is 0. The second kappa shape index (κ2) is 8.67. The van der Waals surface area contributed by atoms with Gasteiger partial charge in [-0.15, -0.1) is 0 Å². The molecule has 0 aromatic heterocycles. The van der Waals surface area contributed by atoms with Crippen molar-refractivity contribution in [1.29, 1.82) is 0 Å². The van der Waals surface area contributed by atoms with E-state index in [9.17, 15) is 13.2 Å². The van der Waals surface area contributed by atoms with E-state index in [1.807, 2.05) is 0 Å². The molecule has 1 unspecified atom stereocenters. The molecule has 0 amide bonds. The summed E-state index contributed by atoms with van der Waals surface area (Å²) in [5.41, 5.74) is 0. The molecule has 2 N–H and O–H groups in total. The number of carboxylic acid groups (broad SMARTS) is 1. The van der Waals surface area contributed by atoms with Crippen LogP contribution in [0.15, 0.2) is 0 Å². The topological polar surface area (TPSA) is 91.7 Å². The summed E-state index contributed by atoms with van der Waals surface area (Å²) in [5, 5.41) is 8.41. The Kier molecular flexibility index (Phi) is 9.71. The second-order valence-electron chi connectivity index (χ2n) is 3.25. The first kappa shape index (κ1) is 16.8. The summed E-state index contributed by atoms with van der Waals surface area (Å²) in [6.45, 7) is 5.18. The van der Waals surface area contributed by atoms with Gasteiger partial charge in [-0.25, -0.2) is 0 Å². The van der Waals surface area contributed by atoms with Crippen LogP contribution in [-0.2, 0) is 14.9 Å². The molecular formula is C9H20O5S. The van der Waals surface area contributed by atoms with Gasteiger partial charge in [0.05, 0.1) is 11.7 Å². The van der Waals surface area contributed by atoms with Crippen LogP contribution in [0, 0.1) is 5.92 Å². The van der Waals surface area contributed by atoms with E-state index in [4.69, 9.17) is 9.66 Å². The van der Waals surface area contributed by atoms with Crippen molar-refractivity contribution in [3.05, 3.63) is 0 Å². The lowest BCUT2D eigenvalue weighted by Crippen LogP contribution is -2.08. The van der Waals surface area contributed by atoms with E-state index in [2.05, 4.69) is 6.92 Å². The van der Waals surface area contributed by atoms with E-state index in [-0.39, 0.29) is 11.7 Å². The number of carboxylic acids is 1. The van der Waals surface area contributed by atoms with Gasteiger partial charge in [0.15, 0.2) is 0 Å². The zero-order valence-corrected chi connectivity index (χ0v) is 10.2. The number of carbonyl (C=O) groups is 1. The SMILES string of the molecule is CCCCC(C)C(=O)O.CCS(=O)(=O)O.